The molecule has 0 fully saturated rings. The van der Waals surface area contributed by atoms with Crippen LogP contribution in [0.3, 0.4) is 0 Å². The van der Waals surface area contributed by atoms with Crippen molar-refractivity contribution in [3.63, 3.8) is 0 Å². The fourth-order valence-corrected chi connectivity index (χ4v) is 2.13. The molecule has 19 heavy (non-hydrogen) atoms. The van der Waals surface area contributed by atoms with Crippen molar-refractivity contribution in [3.8, 4) is 11.5 Å². The van der Waals surface area contributed by atoms with Crippen LogP contribution in [-0.4, -0.2) is 43.9 Å². The Morgan fingerprint density at radius 3 is 2.47 bits per heavy atom. The molecule has 108 valence electrons. The predicted molar refractivity (Wildman–Crippen MR) is 76.9 cm³/mol. The van der Waals surface area contributed by atoms with Crippen LogP contribution in [0.4, 0.5) is 0 Å². The van der Waals surface area contributed by atoms with Crippen LogP contribution in [0.15, 0.2) is 18.2 Å². The molecule has 0 aromatic heterocycles. The molecule has 0 spiro atoms. The van der Waals surface area contributed by atoms with E-state index in [0.717, 1.165) is 30.8 Å². The molecule has 0 radical (unpaired) electrons. The van der Waals surface area contributed by atoms with Crippen molar-refractivity contribution in [3.05, 3.63) is 23.8 Å². The standard InChI is InChI=1S/C15H25NO3/c1-5-9-16(6-2)11-14(17)13-8-7-12(18-3)10-15(13)19-4/h7-8,10,14,17H,5-6,9,11H2,1-4H3. The SMILES string of the molecule is CCCN(CC)CC(O)c1ccc(OC)cc1OC. The highest BCUT2D eigenvalue weighted by molar-refractivity contribution is 5.42. The summed E-state index contributed by atoms with van der Waals surface area (Å²) in [6.07, 6.45) is 0.535. The average Bonchev–Trinajstić information content (AvgIpc) is 2.45. The highest BCUT2D eigenvalue weighted by Crippen LogP contribution is 2.29. The van der Waals surface area contributed by atoms with E-state index in [0.29, 0.717) is 12.3 Å². The summed E-state index contributed by atoms with van der Waals surface area (Å²) in [6, 6.07) is 5.51. The van der Waals surface area contributed by atoms with Gasteiger partial charge in [-0.25, -0.2) is 0 Å². The Kier molecular flexibility index (Phi) is 6.67. The number of rotatable bonds is 8. The third-order valence-electron chi connectivity index (χ3n) is 3.22. The maximum atomic E-state index is 10.4. The molecule has 0 saturated heterocycles. The van der Waals surface area contributed by atoms with E-state index in [9.17, 15) is 5.11 Å². The van der Waals surface area contributed by atoms with Gasteiger partial charge in [0.2, 0.25) is 0 Å². The number of benzene rings is 1. The zero-order valence-electron chi connectivity index (χ0n) is 12.3. The van der Waals surface area contributed by atoms with Gasteiger partial charge in [0, 0.05) is 18.2 Å². The van der Waals surface area contributed by atoms with E-state index in [2.05, 4.69) is 18.7 Å². The topological polar surface area (TPSA) is 41.9 Å². The van der Waals surface area contributed by atoms with Crippen LogP contribution >= 0.6 is 0 Å². The van der Waals surface area contributed by atoms with E-state index < -0.39 is 6.10 Å². The average molecular weight is 267 g/mol. The van der Waals surface area contributed by atoms with Crippen LogP contribution in [0.2, 0.25) is 0 Å². The van der Waals surface area contributed by atoms with Gasteiger partial charge in [-0.3, -0.25) is 0 Å². The molecule has 1 rings (SSSR count). The molecule has 0 heterocycles. The van der Waals surface area contributed by atoms with Crippen molar-refractivity contribution < 1.29 is 14.6 Å². The largest absolute Gasteiger partial charge is 0.497 e. The van der Waals surface area contributed by atoms with Gasteiger partial charge in [-0.15, -0.1) is 0 Å². The third kappa shape index (κ3) is 4.40. The summed E-state index contributed by atoms with van der Waals surface area (Å²) >= 11 is 0. The predicted octanol–water partition coefficient (Wildman–Crippen LogP) is 2.47. The Balaban J connectivity index is 2.83. The van der Waals surface area contributed by atoms with E-state index in [1.165, 1.54) is 0 Å². The summed E-state index contributed by atoms with van der Waals surface area (Å²) < 4.78 is 10.5. The van der Waals surface area contributed by atoms with Crippen molar-refractivity contribution in [2.45, 2.75) is 26.4 Å². The maximum Gasteiger partial charge on any atom is 0.128 e. The van der Waals surface area contributed by atoms with Gasteiger partial charge < -0.3 is 19.5 Å². The van der Waals surface area contributed by atoms with Gasteiger partial charge in [0.15, 0.2) is 0 Å². The number of methoxy groups -OCH3 is 2. The number of nitrogens with zero attached hydrogens (tertiary/aromatic N) is 1. The van der Waals surface area contributed by atoms with E-state index >= 15 is 0 Å². The van der Waals surface area contributed by atoms with Crippen LogP contribution in [-0.2, 0) is 0 Å². The molecule has 1 unspecified atom stereocenters. The van der Waals surface area contributed by atoms with Crippen LogP contribution in [0.1, 0.15) is 31.9 Å². The van der Waals surface area contributed by atoms with E-state index in [-0.39, 0.29) is 0 Å². The molecule has 0 bridgehead atoms. The van der Waals surface area contributed by atoms with E-state index in [1.54, 1.807) is 20.3 Å². The van der Waals surface area contributed by atoms with Crippen molar-refractivity contribution in [1.29, 1.82) is 0 Å². The lowest BCUT2D eigenvalue weighted by molar-refractivity contribution is 0.113. The minimum atomic E-state index is -0.549. The first-order chi connectivity index (χ1) is 9.15. The Morgan fingerprint density at radius 2 is 1.95 bits per heavy atom. The number of hydrogen-bond donors (Lipinski definition) is 1. The fraction of sp³-hybridized carbons (Fsp3) is 0.600. The van der Waals surface area contributed by atoms with E-state index in [4.69, 9.17) is 9.47 Å². The summed E-state index contributed by atoms with van der Waals surface area (Å²) in [5.74, 6) is 1.40. The van der Waals surface area contributed by atoms with Gasteiger partial charge in [0.1, 0.15) is 11.5 Å². The normalized spacial score (nSPS) is 12.5. The number of aliphatic hydroxyl groups is 1. The highest BCUT2D eigenvalue weighted by atomic mass is 16.5. The summed E-state index contributed by atoms with van der Waals surface area (Å²) in [6.45, 7) is 6.79. The molecule has 1 atom stereocenters. The number of ether oxygens (including phenoxy) is 2. The Hall–Kier alpha value is -1.26. The van der Waals surface area contributed by atoms with E-state index in [1.807, 2.05) is 12.1 Å². The third-order valence-corrected chi connectivity index (χ3v) is 3.22. The van der Waals surface area contributed by atoms with Crippen LogP contribution in [0, 0.1) is 0 Å². The van der Waals surface area contributed by atoms with Gasteiger partial charge in [-0.2, -0.15) is 0 Å². The second kappa shape index (κ2) is 8.02. The lowest BCUT2D eigenvalue weighted by Gasteiger charge is -2.24. The van der Waals surface area contributed by atoms with Crippen molar-refractivity contribution in [1.82, 2.24) is 4.90 Å². The van der Waals surface area contributed by atoms with Crippen LogP contribution < -0.4 is 9.47 Å². The first-order valence-electron chi connectivity index (χ1n) is 6.78. The van der Waals surface area contributed by atoms with Crippen LogP contribution in [0.25, 0.3) is 0 Å². The molecule has 4 heteroatoms. The zero-order valence-corrected chi connectivity index (χ0v) is 12.3. The summed E-state index contributed by atoms with van der Waals surface area (Å²) in [5, 5.41) is 10.4. The number of aliphatic hydroxyl groups excluding tert-OH is 1. The monoisotopic (exact) mass is 267 g/mol. The van der Waals surface area contributed by atoms with Crippen LogP contribution in [0.5, 0.6) is 11.5 Å². The second-order valence-corrected chi connectivity index (χ2v) is 4.52. The smallest absolute Gasteiger partial charge is 0.128 e. The summed E-state index contributed by atoms with van der Waals surface area (Å²) in [5.41, 5.74) is 0.804. The lowest BCUT2D eigenvalue weighted by Crippen LogP contribution is -2.29. The molecule has 4 nitrogen and oxygen atoms in total. The first-order valence-corrected chi connectivity index (χ1v) is 6.78. The molecule has 0 saturated carbocycles. The quantitative estimate of drug-likeness (QED) is 0.785. The van der Waals surface area contributed by atoms with Gasteiger partial charge in [0.05, 0.1) is 20.3 Å². The molecule has 1 aromatic rings. The van der Waals surface area contributed by atoms with Gasteiger partial charge in [-0.1, -0.05) is 13.8 Å². The van der Waals surface area contributed by atoms with Crippen molar-refractivity contribution in [2.24, 2.45) is 0 Å². The molecule has 0 amide bonds. The first kappa shape index (κ1) is 15.8. The molecule has 1 N–H and O–H groups in total. The van der Waals surface area contributed by atoms with Crippen molar-refractivity contribution in [2.75, 3.05) is 33.9 Å². The van der Waals surface area contributed by atoms with Gasteiger partial charge in [-0.05, 0) is 31.6 Å². The van der Waals surface area contributed by atoms with Gasteiger partial charge >= 0.3 is 0 Å². The minimum absolute atomic E-state index is 0.549. The zero-order chi connectivity index (χ0) is 14.3. The number of likely N-dealkylation sites (N-methyl/N-ethyl adjacent to an activating group) is 1. The Morgan fingerprint density at radius 1 is 1.21 bits per heavy atom. The molecule has 1 aromatic carbocycles. The molecular weight excluding hydrogens is 242 g/mol. The fourth-order valence-electron chi connectivity index (χ4n) is 2.13. The lowest BCUT2D eigenvalue weighted by atomic mass is 10.1. The summed E-state index contributed by atoms with van der Waals surface area (Å²) in [4.78, 5) is 2.23. The maximum absolute atomic E-state index is 10.4. The van der Waals surface area contributed by atoms with Gasteiger partial charge in [0.25, 0.3) is 0 Å². The van der Waals surface area contributed by atoms with Crippen molar-refractivity contribution >= 4 is 0 Å². The molecule has 0 aliphatic rings. The minimum Gasteiger partial charge on any atom is -0.497 e. The Bertz CT molecular complexity index is 382. The molecular formula is C15H25NO3. The Labute approximate surface area is 115 Å². The molecule has 0 aliphatic carbocycles. The summed E-state index contributed by atoms with van der Waals surface area (Å²) in [7, 11) is 3.22. The second-order valence-electron chi connectivity index (χ2n) is 4.52. The highest BCUT2D eigenvalue weighted by Gasteiger charge is 2.16. The number of hydrogen-bond acceptors (Lipinski definition) is 4. The molecule has 0 aliphatic heterocycles.